The first-order chi connectivity index (χ1) is 13.1. The fourth-order valence-electron chi connectivity index (χ4n) is 3.08. The van der Waals surface area contributed by atoms with Crippen LogP contribution in [0.2, 0.25) is 0 Å². The molecule has 5 nitrogen and oxygen atoms in total. The number of nitrogens with zero attached hydrogens (tertiary/aromatic N) is 1. The van der Waals surface area contributed by atoms with E-state index >= 15 is 0 Å². The largest absolute Gasteiger partial charge is 0.489 e. The van der Waals surface area contributed by atoms with Crippen LogP contribution >= 0.6 is 0 Å². The second-order valence-electron chi connectivity index (χ2n) is 6.88. The van der Waals surface area contributed by atoms with Crippen molar-refractivity contribution in [3.05, 3.63) is 54.3 Å². The fraction of sp³-hybridized carbons (Fsp3) is 0.381. The zero-order valence-electron chi connectivity index (χ0n) is 15.6. The second-order valence-corrected chi connectivity index (χ2v) is 6.88. The molecule has 1 aliphatic rings. The van der Waals surface area contributed by atoms with E-state index in [9.17, 15) is 9.18 Å². The fourth-order valence-corrected chi connectivity index (χ4v) is 3.08. The molecule has 1 heterocycles. The van der Waals surface area contributed by atoms with Crippen LogP contribution < -0.4 is 20.3 Å². The van der Waals surface area contributed by atoms with Gasteiger partial charge in [-0.15, -0.1) is 0 Å². The Labute approximate surface area is 159 Å². The summed E-state index contributed by atoms with van der Waals surface area (Å²) in [6.45, 7) is 4.93. The Hall–Kier alpha value is -2.76. The first kappa shape index (κ1) is 19.0. The molecule has 0 aromatic heterocycles. The number of hydrogen-bond donors (Lipinski definition) is 2. The number of amides is 2. The van der Waals surface area contributed by atoms with E-state index in [0.29, 0.717) is 0 Å². The average Bonchev–Trinajstić information content (AvgIpc) is 2.68. The zero-order chi connectivity index (χ0) is 19.1. The lowest BCUT2D eigenvalue weighted by atomic mass is 9.99. The molecular weight excluding hydrogens is 345 g/mol. The molecule has 0 unspecified atom stereocenters. The molecule has 6 heteroatoms. The summed E-state index contributed by atoms with van der Waals surface area (Å²) < 4.78 is 18.7. The minimum Gasteiger partial charge on any atom is -0.489 e. The van der Waals surface area contributed by atoms with Gasteiger partial charge in [-0.2, -0.15) is 0 Å². The molecule has 0 spiro atoms. The van der Waals surface area contributed by atoms with Crippen molar-refractivity contribution in [1.82, 2.24) is 5.32 Å². The Morgan fingerprint density at radius 2 is 1.85 bits per heavy atom. The predicted molar refractivity (Wildman–Crippen MR) is 106 cm³/mol. The van der Waals surface area contributed by atoms with Crippen LogP contribution in [0.1, 0.15) is 19.8 Å². The standard InChI is InChI=1S/C21H26FN3O2/c1-16-10-13-25(14-11-16)18-8-6-17(7-9-18)24-21(26)23-12-15-27-20-5-3-2-4-19(20)22/h2-9,16H,10-15H2,1H3,(H2,23,24,26). The highest BCUT2D eigenvalue weighted by Gasteiger charge is 2.15. The van der Waals surface area contributed by atoms with Crippen molar-refractivity contribution in [2.45, 2.75) is 19.8 Å². The number of piperidine rings is 1. The highest BCUT2D eigenvalue weighted by atomic mass is 19.1. The minimum absolute atomic E-state index is 0.183. The third-order valence-electron chi connectivity index (χ3n) is 4.76. The Morgan fingerprint density at radius 1 is 1.15 bits per heavy atom. The summed E-state index contributed by atoms with van der Waals surface area (Å²) in [7, 11) is 0. The Balaban J connectivity index is 1.39. The van der Waals surface area contributed by atoms with E-state index in [1.807, 2.05) is 24.3 Å². The third-order valence-corrected chi connectivity index (χ3v) is 4.76. The zero-order valence-corrected chi connectivity index (χ0v) is 15.6. The number of ether oxygens (including phenoxy) is 1. The van der Waals surface area contributed by atoms with Gasteiger partial charge in [-0.1, -0.05) is 19.1 Å². The van der Waals surface area contributed by atoms with Crippen molar-refractivity contribution in [3.63, 3.8) is 0 Å². The van der Waals surface area contributed by atoms with Crippen LogP contribution in [-0.4, -0.2) is 32.3 Å². The topological polar surface area (TPSA) is 53.6 Å². The van der Waals surface area contributed by atoms with Crippen molar-refractivity contribution in [2.24, 2.45) is 5.92 Å². The SMILES string of the molecule is CC1CCN(c2ccc(NC(=O)NCCOc3ccccc3F)cc2)CC1. The molecule has 2 aromatic carbocycles. The molecule has 144 valence electrons. The third kappa shape index (κ3) is 5.61. The van der Waals surface area contributed by atoms with Gasteiger partial charge in [0.25, 0.3) is 0 Å². The Morgan fingerprint density at radius 3 is 2.56 bits per heavy atom. The lowest BCUT2D eigenvalue weighted by molar-refractivity contribution is 0.246. The number of halogens is 1. The highest BCUT2D eigenvalue weighted by Crippen LogP contribution is 2.24. The van der Waals surface area contributed by atoms with Gasteiger partial charge in [0.15, 0.2) is 11.6 Å². The van der Waals surface area contributed by atoms with Gasteiger partial charge < -0.3 is 20.3 Å². The van der Waals surface area contributed by atoms with Gasteiger partial charge in [-0.05, 0) is 55.2 Å². The predicted octanol–water partition coefficient (Wildman–Crippen LogP) is 4.26. The van der Waals surface area contributed by atoms with Crippen LogP contribution in [0.5, 0.6) is 5.75 Å². The van der Waals surface area contributed by atoms with Crippen LogP contribution in [0, 0.1) is 11.7 Å². The maximum Gasteiger partial charge on any atom is 0.319 e. The van der Waals surface area contributed by atoms with E-state index in [2.05, 4.69) is 22.5 Å². The van der Waals surface area contributed by atoms with Crippen LogP contribution in [0.3, 0.4) is 0 Å². The number of carbonyl (C=O) groups is 1. The molecule has 1 aliphatic heterocycles. The maximum atomic E-state index is 13.4. The summed E-state index contributed by atoms with van der Waals surface area (Å²) in [6.07, 6.45) is 2.44. The van der Waals surface area contributed by atoms with Crippen molar-refractivity contribution >= 4 is 17.4 Å². The van der Waals surface area contributed by atoms with Gasteiger partial charge in [0.05, 0.1) is 6.54 Å². The first-order valence-corrected chi connectivity index (χ1v) is 9.39. The summed E-state index contributed by atoms with van der Waals surface area (Å²) in [5, 5.41) is 5.49. The number of para-hydroxylation sites is 1. The van der Waals surface area contributed by atoms with E-state index < -0.39 is 5.82 Å². The van der Waals surface area contributed by atoms with E-state index in [1.165, 1.54) is 24.6 Å². The summed E-state index contributed by atoms with van der Waals surface area (Å²) in [5.74, 6) is 0.570. The van der Waals surface area contributed by atoms with Crippen molar-refractivity contribution in [2.75, 3.05) is 36.5 Å². The van der Waals surface area contributed by atoms with E-state index in [1.54, 1.807) is 18.2 Å². The highest BCUT2D eigenvalue weighted by molar-refractivity contribution is 5.89. The lowest BCUT2D eigenvalue weighted by Crippen LogP contribution is -2.33. The molecule has 2 aromatic rings. The molecular formula is C21H26FN3O2. The Kier molecular flexibility index (Phi) is 6.52. The number of hydrogen-bond acceptors (Lipinski definition) is 3. The number of carbonyl (C=O) groups excluding carboxylic acids is 1. The van der Waals surface area contributed by atoms with Gasteiger partial charge in [0.1, 0.15) is 6.61 Å². The van der Waals surface area contributed by atoms with Gasteiger partial charge in [-0.3, -0.25) is 0 Å². The monoisotopic (exact) mass is 371 g/mol. The summed E-state index contributed by atoms with van der Waals surface area (Å²) in [5.41, 5.74) is 1.92. The van der Waals surface area contributed by atoms with Gasteiger partial charge in [-0.25, -0.2) is 9.18 Å². The molecule has 27 heavy (non-hydrogen) atoms. The Bertz CT molecular complexity index is 743. The molecule has 1 saturated heterocycles. The second kappa shape index (κ2) is 9.26. The van der Waals surface area contributed by atoms with Gasteiger partial charge in [0.2, 0.25) is 0 Å². The summed E-state index contributed by atoms with van der Waals surface area (Å²) in [4.78, 5) is 14.3. The van der Waals surface area contributed by atoms with Gasteiger partial charge in [0, 0.05) is 24.5 Å². The van der Waals surface area contributed by atoms with E-state index in [0.717, 1.165) is 24.7 Å². The number of benzene rings is 2. The quantitative estimate of drug-likeness (QED) is 0.746. The molecule has 3 rings (SSSR count). The molecule has 0 aliphatic carbocycles. The van der Waals surface area contributed by atoms with Crippen molar-refractivity contribution in [3.8, 4) is 5.75 Å². The van der Waals surface area contributed by atoms with E-state index in [4.69, 9.17) is 4.74 Å². The van der Waals surface area contributed by atoms with Crippen LogP contribution in [0.15, 0.2) is 48.5 Å². The lowest BCUT2D eigenvalue weighted by Gasteiger charge is -2.32. The molecule has 0 saturated carbocycles. The molecule has 0 radical (unpaired) electrons. The van der Waals surface area contributed by atoms with Crippen molar-refractivity contribution < 1.29 is 13.9 Å². The minimum atomic E-state index is -0.412. The molecule has 2 N–H and O–H groups in total. The average molecular weight is 371 g/mol. The van der Waals surface area contributed by atoms with Crippen LogP contribution in [-0.2, 0) is 0 Å². The van der Waals surface area contributed by atoms with Crippen LogP contribution in [0.25, 0.3) is 0 Å². The normalized spacial score (nSPS) is 14.7. The van der Waals surface area contributed by atoms with Crippen molar-refractivity contribution in [1.29, 1.82) is 0 Å². The summed E-state index contributed by atoms with van der Waals surface area (Å²) >= 11 is 0. The van der Waals surface area contributed by atoms with E-state index in [-0.39, 0.29) is 24.9 Å². The number of nitrogens with one attached hydrogen (secondary N) is 2. The first-order valence-electron chi connectivity index (χ1n) is 9.39. The molecule has 0 atom stereocenters. The molecule has 2 amide bonds. The molecule has 0 bridgehead atoms. The molecule has 1 fully saturated rings. The maximum absolute atomic E-state index is 13.4. The van der Waals surface area contributed by atoms with Gasteiger partial charge >= 0.3 is 6.03 Å². The number of anilines is 2. The number of rotatable bonds is 6. The smallest absolute Gasteiger partial charge is 0.319 e. The van der Waals surface area contributed by atoms with Crippen LogP contribution in [0.4, 0.5) is 20.6 Å². The summed E-state index contributed by atoms with van der Waals surface area (Å²) in [6, 6.07) is 13.8. The number of urea groups is 1.